The largest absolute Gasteiger partial charge is 0.496 e. The molecule has 1 aliphatic heterocycles. The van der Waals surface area contributed by atoms with Crippen molar-refractivity contribution >= 4 is 15.9 Å². The van der Waals surface area contributed by atoms with Gasteiger partial charge in [-0.1, -0.05) is 22.4 Å². The Morgan fingerprint density at radius 3 is 3.00 bits per heavy atom. The molecule has 1 aromatic carbocycles. The van der Waals surface area contributed by atoms with Gasteiger partial charge in [-0.3, -0.25) is 0 Å². The van der Waals surface area contributed by atoms with Crippen molar-refractivity contribution in [2.45, 2.75) is 31.8 Å². The van der Waals surface area contributed by atoms with Gasteiger partial charge in [-0.2, -0.15) is 0 Å². The van der Waals surface area contributed by atoms with Gasteiger partial charge >= 0.3 is 0 Å². The normalized spacial score (nSPS) is 20.5. The summed E-state index contributed by atoms with van der Waals surface area (Å²) >= 11 is 3.51. The smallest absolute Gasteiger partial charge is 0.123 e. The van der Waals surface area contributed by atoms with Crippen molar-refractivity contribution < 1.29 is 4.74 Å². The average Bonchev–Trinajstić information content (AvgIpc) is 2.41. The Hall–Kier alpha value is -0.580. The van der Waals surface area contributed by atoms with Crippen LogP contribution in [0.4, 0.5) is 0 Å². The number of likely N-dealkylation sites (N-methyl/N-ethyl adjacent to an activating group) is 1. The quantitative estimate of drug-likeness (QED) is 0.900. The Morgan fingerprint density at radius 1 is 1.42 bits per heavy atom. The van der Waals surface area contributed by atoms with E-state index in [4.69, 9.17) is 4.74 Å². The molecule has 0 spiro atoms. The highest BCUT2D eigenvalue weighted by molar-refractivity contribution is 9.10. The number of nitrogens with one attached hydrogen (secondary N) is 1. The molecule has 1 heterocycles. The molecule has 3 nitrogen and oxygen atoms in total. The first-order chi connectivity index (χ1) is 9.20. The monoisotopic (exact) mass is 326 g/mol. The van der Waals surface area contributed by atoms with Crippen molar-refractivity contribution in [3.05, 3.63) is 28.2 Å². The van der Waals surface area contributed by atoms with E-state index in [9.17, 15) is 0 Å². The Labute approximate surface area is 124 Å². The molecule has 0 amide bonds. The van der Waals surface area contributed by atoms with Crippen LogP contribution in [-0.2, 0) is 6.54 Å². The molecular formula is C15H23BrN2O. The van der Waals surface area contributed by atoms with E-state index in [0.717, 1.165) is 23.3 Å². The molecule has 4 heteroatoms. The van der Waals surface area contributed by atoms with Gasteiger partial charge in [-0.05, 0) is 44.6 Å². The summed E-state index contributed by atoms with van der Waals surface area (Å²) in [5, 5.41) is 3.56. The molecule has 0 aromatic heterocycles. The lowest BCUT2D eigenvalue weighted by molar-refractivity contribution is 0.181. The fraction of sp³-hybridized carbons (Fsp3) is 0.600. The molecule has 0 radical (unpaired) electrons. The molecule has 0 saturated carbocycles. The number of piperidine rings is 1. The van der Waals surface area contributed by atoms with Gasteiger partial charge in [0, 0.05) is 29.2 Å². The molecule has 1 N–H and O–H groups in total. The van der Waals surface area contributed by atoms with Crippen LogP contribution in [0.2, 0.25) is 0 Å². The highest BCUT2D eigenvalue weighted by Crippen LogP contribution is 2.23. The number of halogens is 1. The molecule has 2 rings (SSSR count). The molecular weight excluding hydrogens is 304 g/mol. The predicted octanol–water partition coefficient (Wildman–Crippen LogP) is 3.03. The number of likely N-dealkylation sites (tertiary alicyclic amines) is 1. The van der Waals surface area contributed by atoms with Crippen LogP contribution in [0.5, 0.6) is 5.75 Å². The van der Waals surface area contributed by atoms with Crippen LogP contribution in [0.25, 0.3) is 0 Å². The zero-order valence-electron chi connectivity index (χ0n) is 11.8. The van der Waals surface area contributed by atoms with Crippen LogP contribution >= 0.6 is 15.9 Å². The third kappa shape index (κ3) is 4.20. The van der Waals surface area contributed by atoms with Crippen molar-refractivity contribution in [1.82, 2.24) is 10.2 Å². The number of methoxy groups -OCH3 is 1. The lowest BCUT2D eigenvalue weighted by Crippen LogP contribution is -2.42. The maximum atomic E-state index is 5.39. The average molecular weight is 327 g/mol. The second-order valence-electron chi connectivity index (χ2n) is 5.22. The minimum atomic E-state index is 0.673. The summed E-state index contributed by atoms with van der Waals surface area (Å²) in [5.74, 6) is 0.952. The van der Waals surface area contributed by atoms with Crippen molar-refractivity contribution in [3.8, 4) is 5.75 Å². The number of nitrogens with zero attached hydrogens (tertiary/aromatic N) is 1. The van der Waals surface area contributed by atoms with Gasteiger partial charge in [-0.15, -0.1) is 0 Å². The fourth-order valence-electron chi connectivity index (χ4n) is 2.66. The predicted molar refractivity (Wildman–Crippen MR) is 82.7 cm³/mol. The van der Waals surface area contributed by atoms with E-state index in [1.165, 1.54) is 31.4 Å². The summed E-state index contributed by atoms with van der Waals surface area (Å²) in [6, 6.07) is 6.81. The van der Waals surface area contributed by atoms with E-state index in [0.29, 0.717) is 6.04 Å². The van der Waals surface area contributed by atoms with E-state index in [1.807, 2.05) is 12.1 Å². The van der Waals surface area contributed by atoms with Crippen molar-refractivity contribution in [1.29, 1.82) is 0 Å². The second-order valence-corrected chi connectivity index (χ2v) is 6.13. The molecule has 0 aliphatic carbocycles. The fourth-order valence-corrected chi connectivity index (χ4v) is 3.07. The summed E-state index contributed by atoms with van der Waals surface area (Å²) in [7, 11) is 3.95. The summed E-state index contributed by atoms with van der Waals surface area (Å²) < 4.78 is 6.49. The van der Waals surface area contributed by atoms with E-state index >= 15 is 0 Å². The summed E-state index contributed by atoms with van der Waals surface area (Å²) in [6.45, 7) is 3.13. The number of ether oxygens (including phenoxy) is 1. The first kappa shape index (κ1) is 14.8. The van der Waals surface area contributed by atoms with Gasteiger partial charge in [0.1, 0.15) is 5.75 Å². The number of hydrogen-bond acceptors (Lipinski definition) is 3. The number of rotatable bonds is 5. The minimum absolute atomic E-state index is 0.673. The molecule has 1 atom stereocenters. The zero-order chi connectivity index (χ0) is 13.7. The van der Waals surface area contributed by atoms with E-state index in [1.54, 1.807) is 7.11 Å². The van der Waals surface area contributed by atoms with Crippen LogP contribution < -0.4 is 10.1 Å². The highest BCUT2D eigenvalue weighted by atomic mass is 79.9. The number of benzene rings is 1. The Balaban J connectivity index is 1.86. The first-order valence-corrected chi connectivity index (χ1v) is 7.73. The lowest BCUT2D eigenvalue weighted by atomic mass is 10.0. The SMILES string of the molecule is COc1ccc(Br)cc1CNCC1CCCCN1C. The van der Waals surface area contributed by atoms with E-state index in [-0.39, 0.29) is 0 Å². The van der Waals surface area contributed by atoms with Crippen molar-refractivity contribution in [2.24, 2.45) is 0 Å². The molecule has 1 saturated heterocycles. The second kappa shape index (κ2) is 7.27. The molecule has 19 heavy (non-hydrogen) atoms. The van der Waals surface area contributed by atoms with Crippen LogP contribution in [0.15, 0.2) is 22.7 Å². The van der Waals surface area contributed by atoms with Gasteiger partial charge in [0.15, 0.2) is 0 Å². The van der Waals surface area contributed by atoms with Gasteiger partial charge in [0.05, 0.1) is 7.11 Å². The maximum Gasteiger partial charge on any atom is 0.123 e. The van der Waals surface area contributed by atoms with Crippen LogP contribution in [0.1, 0.15) is 24.8 Å². The van der Waals surface area contributed by atoms with Crippen molar-refractivity contribution in [3.63, 3.8) is 0 Å². The molecule has 106 valence electrons. The third-order valence-corrected chi connectivity index (χ3v) is 4.35. The van der Waals surface area contributed by atoms with Crippen LogP contribution in [0, 0.1) is 0 Å². The van der Waals surface area contributed by atoms with Gasteiger partial charge in [0.25, 0.3) is 0 Å². The Kier molecular flexibility index (Phi) is 5.67. The zero-order valence-corrected chi connectivity index (χ0v) is 13.4. The molecule has 1 aromatic rings. The molecule has 1 fully saturated rings. The molecule has 0 bridgehead atoms. The first-order valence-electron chi connectivity index (χ1n) is 6.94. The van der Waals surface area contributed by atoms with Gasteiger partial charge in [-0.25, -0.2) is 0 Å². The van der Waals surface area contributed by atoms with Gasteiger partial charge in [0.2, 0.25) is 0 Å². The van der Waals surface area contributed by atoms with Crippen molar-refractivity contribution in [2.75, 3.05) is 27.2 Å². The summed E-state index contributed by atoms with van der Waals surface area (Å²) in [4.78, 5) is 2.47. The Bertz CT molecular complexity index is 411. The Morgan fingerprint density at radius 2 is 2.26 bits per heavy atom. The maximum absolute atomic E-state index is 5.39. The minimum Gasteiger partial charge on any atom is -0.496 e. The highest BCUT2D eigenvalue weighted by Gasteiger charge is 2.18. The molecule has 1 aliphatic rings. The number of hydrogen-bond donors (Lipinski definition) is 1. The van der Waals surface area contributed by atoms with E-state index in [2.05, 4.69) is 39.3 Å². The van der Waals surface area contributed by atoms with Gasteiger partial charge < -0.3 is 15.0 Å². The third-order valence-electron chi connectivity index (χ3n) is 3.86. The van der Waals surface area contributed by atoms with Crippen LogP contribution in [0.3, 0.4) is 0 Å². The van der Waals surface area contributed by atoms with Crippen LogP contribution in [-0.4, -0.2) is 38.2 Å². The standard InChI is InChI=1S/C15H23BrN2O/c1-18-8-4-3-5-14(18)11-17-10-12-9-13(16)6-7-15(12)19-2/h6-7,9,14,17H,3-5,8,10-11H2,1-2H3. The summed E-state index contributed by atoms with van der Waals surface area (Å²) in [6.07, 6.45) is 4.00. The topological polar surface area (TPSA) is 24.5 Å². The summed E-state index contributed by atoms with van der Waals surface area (Å²) in [5.41, 5.74) is 1.20. The lowest BCUT2D eigenvalue weighted by Gasteiger charge is -2.32. The van der Waals surface area contributed by atoms with E-state index < -0.39 is 0 Å². The molecule has 1 unspecified atom stereocenters.